The van der Waals surface area contributed by atoms with Crippen LogP contribution >= 0.6 is 0 Å². The zero-order valence-electron chi connectivity index (χ0n) is 11.5. The van der Waals surface area contributed by atoms with Gasteiger partial charge in [-0.15, -0.1) is 0 Å². The van der Waals surface area contributed by atoms with E-state index in [1.165, 1.54) is 0 Å². The maximum absolute atomic E-state index is 5.89. The van der Waals surface area contributed by atoms with Crippen LogP contribution in [0, 0.1) is 0 Å². The van der Waals surface area contributed by atoms with Crippen LogP contribution in [0.2, 0.25) is 0 Å². The highest BCUT2D eigenvalue weighted by Crippen LogP contribution is 2.28. The summed E-state index contributed by atoms with van der Waals surface area (Å²) < 4.78 is 11.7. The van der Waals surface area contributed by atoms with Gasteiger partial charge >= 0.3 is 0 Å². The standard InChI is InChI=1S/C14H19N3O2/c1-9-7-17(8-14(2,3)19-9)13-16-11-5-4-10(15)6-12(11)18-13/h4-6,9H,7-8,15H2,1-3H3. The molecule has 0 aliphatic carbocycles. The summed E-state index contributed by atoms with van der Waals surface area (Å²) in [4.78, 5) is 6.65. The predicted molar refractivity (Wildman–Crippen MR) is 75.3 cm³/mol. The molecule has 19 heavy (non-hydrogen) atoms. The van der Waals surface area contributed by atoms with Crippen LogP contribution in [0.3, 0.4) is 0 Å². The summed E-state index contributed by atoms with van der Waals surface area (Å²) in [6.45, 7) is 7.77. The van der Waals surface area contributed by atoms with E-state index in [1.54, 1.807) is 6.07 Å². The molecule has 3 rings (SSSR count). The molecular weight excluding hydrogens is 242 g/mol. The number of morpholine rings is 1. The van der Waals surface area contributed by atoms with Crippen LogP contribution in [0.4, 0.5) is 11.7 Å². The number of nitrogen functional groups attached to an aromatic ring is 1. The van der Waals surface area contributed by atoms with Crippen molar-refractivity contribution in [3.05, 3.63) is 18.2 Å². The van der Waals surface area contributed by atoms with Crippen molar-refractivity contribution in [2.75, 3.05) is 23.7 Å². The molecule has 2 heterocycles. The Balaban J connectivity index is 1.95. The Morgan fingerprint density at radius 2 is 2.21 bits per heavy atom. The highest BCUT2D eigenvalue weighted by atomic mass is 16.5. The van der Waals surface area contributed by atoms with E-state index in [1.807, 2.05) is 12.1 Å². The molecule has 0 amide bonds. The van der Waals surface area contributed by atoms with E-state index in [4.69, 9.17) is 14.9 Å². The van der Waals surface area contributed by atoms with Gasteiger partial charge < -0.3 is 19.8 Å². The maximum Gasteiger partial charge on any atom is 0.298 e. The highest BCUT2D eigenvalue weighted by Gasteiger charge is 2.33. The van der Waals surface area contributed by atoms with Crippen molar-refractivity contribution in [3.8, 4) is 0 Å². The molecule has 5 nitrogen and oxygen atoms in total. The van der Waals surface area contributed by atoms with Crippen molar-refractivity contribution in [1.82, 2.24) is 4.98 Å². The minimum atomic E-state index is -0.197. The zero-order chi connectivity index (χ0) is 13.6. The summed E-state index contributed by atoms with van der Waals surface area (Å²) in [6.07, 6.45) is 0.156. The number of hydrogen-bond donors (Lipinski definition) is 1. The number of nitrogens with zero attached hydrogens (tertiary/aromatic N) is 2. The normalized spacial score (nSPS) is 22.9. The van der Waals surface area contributed by atoms with Crippen LogP contribution in [0.5, 0.6) is 0 Å². The Kier molecular flexibility index (Phi) is 2.67. The van der Waals surface area contributed by atoms with Crippen LogP contribution in [0.25, 0.3) is 11.1 Å². The number of fused-ring (bicyclic) bond motifs is 1. The third kappa shape index (κ3) is 2.38. The number of rotatable bonds is 1. The minimum Gasteiger partial charge on any atom is -0.423 e. The third-order valence-corrected chi connectivity index (χ3v) is 3.24. The van der Waals surface area contributed by atoms with Crippen molar-refractivity contribution >= 4 is 22.8 Å². The van der Waals surface area contributed by atoms with Gasteiger partial charge in [-0.3, -0.25) is 0 Å². The van der Waals surface area contributed by atoms with Crippen molar-refractivity contribution in [2.24, 2.45) is 0 Å². The largest absolute Gasteiger partial charge is 0.423 e. The van der Waals surface area contributed by atoms with E-state index < -0.39 is 0 Å². The molecule has 1 aromatic carbocycles. The number of anilines is 2. The van der Waals surface area contributed by atoms with Gasteiger partial charge in [0.1, 0.15) is 5.52 Å². The molecule has 2 aromatic rings. The minimum absolute atomic E-state index is 0.156. The molecule has 1 unspecified atom stereocenters. The number of hydrogen-bond acceptors (Lipinski definition) is 5. The van der Waals surface area contributed by atoms with Gasteiger partial charge in [-0.2, -0.15) is 4.98 Å². The molecule has 1 atom stereocenters. The van der Waals surface area contributed by atoms with Crippen LogP contribution in [0.15, 0.2) is 22.6 Å². The number of ether oxygens (including phenoxy) is 1. The quantitative estimate of drug-likeness (QED) is 0.799. The van der Waals surface area contributed by atoms with Crippen LogP contribution < -0.4 is 10.6 Å². The molecule has 1 aromatic heterocycles. The van der Waals surface area contributed by atoms with E-state index in [0.717, 1.165) is 24.2 Å². The van der Waals surface area contributed by atoms with E-state index in [2.05, 4.69) is 30.7 Å². The highest BCUT2D eigenvalue weighted by molar-refractivity contribution is 5.78. The van der Waals surface area contributed by atoms with Gasteiger partial charge in [0.05, 0.1) is 18.2 Å². The topological polar surface area (TPSA) is 64.5 Å². The van der Waals surface area contributed by atoms with Crippen LogP contribution in [0.1, 0.15) is 20.8 Å². The van der Waals surface area contributed by atoms with Gasteiger partial charge in [0.25, 0.3) is 6.01 Å². The molecule has 0 spiro atoms. The second-order valence-corrected chi connectivity index (χ2v) is 5.79. The van der Waals surface area contributed by atoms with Gasteiger partial charge in [0.15, 0.2) is 5.58 Å². The fourth-order valence-corrected chi connectivity index (χ4v) is 2.66. The first-order chi connectivity index (χ1) is 8.93. The molecule has 5 heteroatoms. The molecular formula is C14H19N3O2. The third-order valence-electron chi connectivity index (χ3n) is 3.24. The van der Waals surface area contributed by atoms with Gasteiger partial charge in [-0.1, -0.05) is 0 Å². The first-order valence-electron chi connectivity index (χ1n) is 6.52. The van der Waals surface area contributed by atoms with Crippen molar-refractivity contribution in [3.63, 3.8) is 0 Å². The Bertz CT molecular complexity index is 606. The first kappa shape index (κ1) is 12.3. The molecule has 102 valence electrons. The Morgan fingerprint density at radius 1 is 1.42 bits per heavy atom. The molecule has 1 saturated heterocycles. The first-order valence-corrected chi connectivity index (χ1v) is 6.52. The summed E-state index contributed by atoms with van der Waals surface area (Å²) in [5.41, 5.74) is 7.81. The number of nitrogens with two attached hydrogens (primary N) is 1. The van der Waals surface area contributed by atoms with Gasteiger partial charge in [0.2, 0.25) is 0 Å². The summed E-state index contributed by atoms with van der Waals surface area (Å²) in [6, 6.07) is 6.16. The van der Waals surface area contributed by atoms with Crippen molar-refractivity contribution in [2.45, 2.75) is 32.5 Å². The van der Waals surface area contributed by atoms with E-state index in [9.17, 15) is 0 Å². The van der Waals surface area contributed by atoms with Gasteiger partial charge in [-0.25, -0.2) is 0 Å². The number of benzene rings is 1. The monoisotopic (exact) mass is 261 g/mol. The molecule has 1 fully saturated rings. The van der Waals surface area contributed by atoms with Crippen molar-refractivity contribution < 1.29 is 9.15 Å². The Labute approximate surface area is 112 Å². The fourth-order valence-electron chi connectivity index (χ4n) is 2.66. The van der Waals surface area contributed by atoms with E-state index in [-0.39, 0.29) is 11.7 Å². The Hall–Kier alpha value is -1.75. The average Bonchev–Trinajstić information content (AvgIpc) is 2.69. The predicted octanol–water partition coefficient (Wildman–Crippen LogP) is 2.41. The summed E-state index contributed by atoms with van der Waals surface area (Å²) in [7, 11) is 0. The Morgan fingerprint density at radius 3 is 2.95 bits per heavy atom. The average molecular weight is 261 g/mol. The summed E-state index contributed by atoms with van der Waals surface area (Å²) >= 11 is 0. The fraction of sp³-hybridized carbons (Fsp3) is 0.500. The lowest BCUT2D eigenvalue weighted by atomic mass is 10.1. The van der Waals surface area contributed by atoms with Crippen LogP contribution in [-0.2, 0) is 4.74 Å². The lowest BCUT2D eigenvalue weighted by molar-refractivity contribution is -0.0760. The number of oxazole rings is 1. The number of aromatic nitrogens is 1. The lowest BCUT2D eigenvalue weighted by Crippen LogP contribution is -2.52. The molecule has 0 saturated carbocycles. The summed E-state index contributed by atoms with van der Waals surface area (Å²) in [5, 5.41) is 0. The second kappa shape index (κ2) is 4.13. The maximum atomic E-state index is 5.89. The molecule has 0 bridgehead atoms. The summed E-state index contributed by atoms with van der Waals surface area (Å²) in [5.74, 6) is 0. The SMILES string of the molecule is CC1CN(c2nc3ccc(N)cc3o2)CC(C)(C)O1. The van der Waals surface area contributed by atoms with Gasteiger partial charge in [0, 0.05) is 18.3 Å². The lowest BCUT2D eigenvalue weighted by Gasteiger charge is -2.40. The smallest absolute Gasteiger partial charge is 0.298 e. The molecule has 1 aliphatic rings. The zero-order valence-corrected chi connectivity index (χ0v) is 11.5. The van der Waals surface area contributed by atoms with Gasteiger partial charge in [-0.05, 0) is 32.9 Å². The second-order valence-electron chi connectivity index (χ2n) is 5.79. The van der Waals surface area contributed by atoms with E-state index >= 15 is 0 Å². The van der Waals surface area contributed by atoms with E-state index in [0.29, 0.717) is 11.7 Å². The molecule has 0 radical (unpaired) electrons. The molecule has 2 N–H and O–H groups in total. The molecule has 1 aliphatic heterocycles. The van der Waals surface area contributed by atoms with Crippen molar-refractivity contribution in [1.29, 1.82) is 0 Å². The van der Waals surface area contributed by atoms with Crippen LogP contribution in [-0.4, -0.2) is 29.8 Å².